The predicted octanol–water partition coefficient (Wildman–Crippen LogP) is 3.20. The highest BCUT2D eigenvalue weighted by molar-refractivity contribution is 7.10. The summed E-state index contributed by atoms with van der Waals surface area (Å²) in [5, 5.41) is 5.04. The molecule has 3 rings (SSSR count). The Morgan fingerprint density at radius 2 is 2.41 bits per heavy atom. The number of methoxy groups -OCH3 is 1. The van der Waals surface area contributed by atoms with E-state index >= 15 is 0 Å². The number of hydrogen-bond donors (Lipinski definition) is 1. The van der Waals surface area contributed by atoms with Crippen LogP contribution in [0, 0.1) is 0 Å². The van der Waals surface area contributed by atoms with Crippen LogP contribution >= 0.6 is 11.3 Å². The molecule has 1 N–H and O–H groups in total. The summed E-state index contributed by atoms with van der Waals surface area (Å²) in [5.74, 6) is 0.555. The smallest absolute Gasteiger partial charge is 0.318 e. The van der Waals surface area contributed by atoms with E-state index in [-0.39, 0.29) is 12.1 Å². The van der Waals surface area contributed by atoms with Gasteiger partial charge in [0, 0.05) is 29.7 Å². The lowest BCUT2D eigenvalue weighted by Crippen LogP contribution is -2.39. The summed E-state index contributed by atoms with van der Waals surface area (Å²) in [4.78, 5) is 19.8. The van der Waals surface area contributed by atoms with Gasteiger partial charge in [0.25, 0.3) is 0 Å². The van der Waals surface area contributed by atoms with Gasteiger partial charge in [-0.05, 0) is 30.4 Å². The van der Waals surface area contributed by atoms with Gasteiger partial charge < -0.3 is 15.0 Å². The molecule has 116 valence electrons. The summed E-state index contributed by atoms with van der Waals surface area (Å²) in [6.07, 6.45) is 3.76. The van der Waals surface area contributed by atoms with Crippen molar-refractivity contribution in [1.82, 2.24) is 15.2 Å². The maximum absolute atomic E-state index is 12.5. The highest BCUT2D eigenvalue weighted by Gasteiger charge is 2.30. The standard InChI is InChI=1S/C16H19N3O2S/c1-21-15-12(5-2-8-17-15)11-18-16(20)19-9-3-6-13(19)14-7-4-10-22-14/h2,4-5,7-8,10,13H,3,6,9,11H2,1H3,(H,18,20)/t13-/m1/s1. The average Bonchev–Trinajstić information content (AvgIpc) is 3.23. The van der Waals surface area contributed by atoms with Crippen molar-refractivity contribution < 1.29 is 9.53 Å². The zero-order valence-corrected chi connectivity index (χ0v) is 13.3. The number of urea groups is 1. The fourth-order valence-corrected chi connectivity index (χ4v) is 3.67. The number of hydrogen-bond acceptors (Lipinski definition) is 4. The first-order chi connectivity index (χ1) is 10.8. The number of ether oxygens (including phenoxy) is 1. The van der Waals surface area contributed by atoms with E-state index < -0.39 is 0 Å². The highest BCUT2D eigenvalue weighted by atomic mass is 32.1. The maximum Gasteiger partial charge on any atom is 0.318 e. The van der Waals surface area contributed by atoms with E-state index in [0.29, 0.717) is 12.4 Å². The second kappa shape index (κ2) is 6.79. The second-order valence-electron chi connectivity index (χ2n) is 5.20. The molecule has 0 aromatic carbocycles. The van der Waals surface area contributed by atoms with Crippen LogP contribution in [0.3, 0.4) is 0 Å². The van der Waals surface area contributed by atoms with Crippen LogP contribution in [0.4, 0.5) is 4.79 Å². The Balaban J connectivity index is 1.64. The van der Waals surface area contributed by atoms with Gasteiger partial charge in [-0.15, -0.1) is 11.3 Å². The van der Waals surface area contributed by atoms with Gasteiger partial charge >= 0.3 is 6.03 Å². The zero-order chi connectivity index (χ0) is 15.4. The van der Waals surface area contributed by atoms with Crippen molar-refractivity contribution in [2.45, 2.75) is 25.4 Å². The van der Waals surface area contributed by atoms with Crippen molar-refractivity contribution in [3.63, 3.8) is 0 Å². The van der Waals surface area contributed by atoms with Crippen LogP contribution in [0.15, 0.2) is 35.8 Å². The van der Waals surface area contributed by atoms with Crippen molar-refractivity contribution in [3.8, 4) is 5.88 Å². The molecule has 5 nitrogen and oxygen atoms in total. The van der Waals surface area contributed by atoms with Crippen LogP contribution < -0.4 is 10.1 Å². The van der Waals surface area contributed by atoms with Crippen LogP contribution in [-0.2, 0) is 6.54 Å². The molecular formula is C16H19N3O2S. The monoisotopic (exact) mass is 317 g/mol. The molecule has 1 aliphatic heterocycles. The van der Waals surface area contributed by atoms with Crippen LogP contribution in [-0.4, -0.2) is 29.6 Å². The number of thiophene rings is 1. The lowest BCUT2D eigenvalue weighted by molar-refractivity contribution is 0.193. The SMILES string of the molecule is COc1ncccc1CNC(=O)N1CCC[C@@H]1c1cccs1. The van der Waals surface area contributed by atoms with Crippen molar-refractivity contribution >= 4 is 17.4 Å². The molecular weight excluding hydrogens is 298 g/mol. The molecule has 22 heavy (non-hydrogen) atoms. The Morgan fingerprint density at radius 3 is 3.18 bits per heavy atom. The molecule has 3 heterocycles. The quantitative estimate of drug-likeness (QED) is 0.942. The molecule has 0 spiro atoms. The summed E-state index contributed by atoms with van der Waals surface area (Å²) in [5.41, 5.74) is 0.880. The number of carbonyl (C=O) groups excluding carboxylic acids is 1. The molecule has 1 saturated heterocycles. The minimum absolute atomic E-state index is 0.0261. The lowest BCUT2D eigenvalue weighted by atomic mass is 10.2. The van der Waals surface area contributed by atoms with Gasteiger partial charge in [0.15, 0.2) is 0 Å². The third-order valence-corrected chi connectivity index (χ3v) is 4.83. The van der Waals surface area contributed by atoms with Crippen molar-refractivity contribution in [1.29, 1.82) is 0 Å². The summed E-state index contributed by atoms with van der Waals surface area (Å²) in [6.45, 7) is 1.22. The molecule has 1 atom stereocenters. The van der Waals surface area contributed by atoms with Crippen molar-refractivity contribution in [3.05, 3.63) is 46.3 Å². The Labute approximate surface area is 133 Å². The number of rotatable bonds is 4. The van der Waals surface area contributed by atoms with Gasteiger partial charge in [-0.25, -0.2) is 9.78 Å². The molecule has 2 aromatic rings. The van der Waals surface area contributed by atoms with E-state index in [4.69, 9.17) is 4.74 Å². The molecule has 1 aliphatic rings. The van der Waals surface area contributed by atoms with Gasteiger partial charge in [0.1, 0.15) is 0 Å². The Bertz CT molecular complexity index is 630. The van der Waals surface area contributed by atoms with E-state index in [0.717, 1.165) is 24.9 Å². The summed E-state index contributed by atoms with van der Waals surface area (Å²) >= 11 is 1.71. The summed E-state index contributed by atoms with van der Waals surface area (Å²) in [6, 6.07) is 8.07. The third kappa shape index (κ3) is 3.06. The van der Waals surface area contributed by atoms with Gasteiger partial charge in [-0.2, -0.15) is 0 Å². The van der Waals surface area contributed by atoms with Crippen molar-refractivity contribution in [2.24, 2.45) is 0 Å². The minimum Gasteiger partial charge on any atom is -0.481 e. The Kier molecular flexibility index (Phi) is 4.58. The number of likely N-dealkylation sites (tertiary alicyclic amines) is 1. The molecule has 0 saturated carbocycles. The fraction of sp³-hybridized carbons (Fsp3) is 0.375. The lowest BCUT2D eigenvalue weighted by Gasteiger charge is -2.24. The maximum atomic E-state index is 12.5. The fourth-order valence-electron chi connectivity index (χ4n) is 2.80. The number of nitrogens with one attached hydrogen (secondary N) is 1. The van der Waals surface area contributed by atoms with E-state index in [1.54, 1.807) is 24.6 Å². The van der Waals surface area contributed by atoms with Crippen LogP contribution in [0.2, 0.25) is 0 Å². The largest absolute Gasteiger partial charge is 0.481 e. The van der Waals surface area contributed by atoms with Crippen LogP contribution in [0.25, 0.3) is 0 Å². The molecule has 0 unspecified atom stereocenters. The van der Waals surface area contributed by atoms with Gasteiger partial charge in [0.05, 0.1) is 13.2 Å². The number of carbonyl (C=O) groups is 1. The van der Waals surface area contributed by atoms with Crippen LogP contribution in [0.5, 0.6) is 5.88 Å². The average molecular weight is 317 g/mol. The third-order valence-electron chi connectivity index (χ3n) is 3.86. The molecule has 2 aromatic heterocycles. The van der Waals surface area contributed by atoms with E-state index in [9.17, 15) is 4.79 Å². The van der Waals surface area contributed by atoms with Gasteiger partial charge in [-0.1, -0.05) is 12.1 Å². The summed E-state index contributed by atoms with van der Waals surface area (Å²) in [7, 11) is 1.58. The number of amides is 2. The molecule has 0 aliphatic carbocycles. The number of aromatic nitrogens is 1. The van der Waals surface area contributed by atoms with E-state index in [1.165, 1.54) is 4.88 Å². The highest BCUT2D eigenvalue weighted by Crippen LogP contribution is 2.34. The van der Waals surface area contributed by atoms with E-state index in [2.05, 4.69) is 21.7 Å². The normalized spacial score (nSPS) is 17.5. The van der Waals surface area contributed by atoms with Gasteiger partial charge in [-0.3, -0.25) is 0 Å². The first-order valence-electron chi connectivity index (χ1n) is 7.35. The first kappa shape index (κ1) is 14.8. The predicted molar refractivity (Wildman–Crippen MR) is 86.0 cm³/mol. The van der Waals surface area contributed by atoms with Crippen molar-refractivity contribution in [2.75, 3.05) is 13.7 Å². The molecule has 0 radical (unpaired) electrons. The van der Waals surface area contributed by atoms with Gasteiger partial charge in [0.2, 0.25) is 5.88 Å². The topological polar surface area (TPSA) is 54.5 Å². The van der Waals surface area contributed by atoms with Crippen LogP contribution in [0.1, 0.15) is 29.3 Å². The molecule has 0 bridgehead atoms. The number of pyridine rings is 1. The zero-order valence-electron chi connectivity index (χ0n) is 12.5. The Hall–Kier alpha value is -2.08. The Morgan fingerprint density at radius 1 is 1.50 bits per heavy atom. The number of nitrogens with zero attached hydrogens (tertiary/aromatic N) is 2. The molecule has 1 fully saturated rings. The molecule has 6 heteroatoms. The minimum atomic E-state index is -0.0261. The van der Waals surface area contributed by atoms with E-state index in [1.807, 2.05) is 23.1 Å². The second-order valence-corrected chi connectivity index (χ2v) is 6.18. The molecule has 2 amide bonds. The summed E-state index contributed by atoms with van der Waals surface area (Å²) < 4.78 is 5.21. The first-order valence-corrected chi connectivity index (χ1v) is 8.23.